The molecule has 0 aliphatic heterocycles. The van der Waals surface area contributed by atoms with E-state index in [0.717, 1.165) is 9.87 Å². The number of hydrogen-bond acceptors (Lipinski definition) is 4. The van der Waals surface area contributed by atoms with Crippen LogP contribution in [0.25, 0.3) is 0 Å². The Kier molecular flexibility index (Phi) is 11.5. The number of anilines is 1. The molecule has 11 heteroatoms. The topological polar surface area (TPSA) is 86.8 Å². The maximum atomic E-state index is 14.1. The van der Waals surface area contributed by atoms with E-state index in [0.29, 0.717) is 23.4 Å². The van der Waals surface area contributed by atoms with Crippen molar-refractivity contribution in [3.05, 3.63) is 92.9 Å². The third kappa shape index (κ3) is 8.38. The highest BCUT2D eigenvalue weighted by Gasteiger charge is 2.34. The van der Waals surface area contributed by atoms with Crippen molar-refractivity contribution in [1.82, 2.24) is 10.2 Å². The molecule has 2 amide bonds. The SMILES string of the molecule is CC[C@@H](C)NC(=O)[C@H](CC)N(Cc1ccccc1Cl)C(=O)CN(c1cc(Cl)cc(Cl)c1)S(=O)(=O)c1ccc(C)cc1. The molecule has 2 atom stereocenters. The van der Waals surface area contributed by atoms with E-state index < -0.39 is 28.5 Å². The molecule has 1 N–H and O–H groups in total. The number of rotatable bonds is 12. The molecule has 0 bridgehead atoms. The largest absolute Gasteiger partial charge is 0.352 e. The van der Waals surface area contributed by atoms with E-state index in [2.05, 4.69) is 5.32 Å². The van der Waals surface area contributed by atoms with Crippen LogP contribution in [0.5, 0.6) is 0 Å². The fourth-order valence-electron chi connectivity index (χ4n) is 4.22. The molecule has 0 aliphatic carbocycles. The third-order valence-corrected chi connectivity index (χ3v) is 9.30. The highest BCUT2D eigenvalue weighted by atomic mass is 35.5. The first-order valence-electron chi connectivity index (χ1n) is 13.3. The first-order chi connectivity index (χ1) is 19.4. The van der Waals surface area contributed by atoms with Crippen molar-refractivity contribution < 1.29 is 18.0 Å². The van der Waals surface area contributed by atoms with Gasteiger partial charge in [0.1, 0.15) is 12.6 Å². The van der Waals surface area contributed by atoms with Crippen molar-refractivity contribution in [3.63, 3.8) is 0 Å². The fourth-order valence-corrected chi connectivity index (χ4v) is 6.33. The van der Waals surface area contributed by atoms with Gasteiger partial charge in [0.25, 0.3) is 10.0 Å². The van der Waals surface area contributed by atoms with Crippen LogP contribution in [0, 0.1) is 6.92 Å². The molecule has 3 rings (SSSR count). The van der Waals surface area contributed by atoms with Crippen LogP contribution in [0.15, 0.2) is 71.6 Å². The molecule has 7 nitrogen and oxygen atoms in total. The van der Waals surface area contributed by atoms with Crippen LogP contribution in [0.4, 0.5) is 5.69 Å². The lowest BCUT2D eigenvalue weighted by Crippen LogP contribution is -2.53. The molecule has 0 saturated heterocycles. The van der Waals surface area contributed by atoms with E-state index in [4.69, 9.17) is 34.8 Å². The van der Waals surface area contributed by atoms with Crippen LogP contribution < -0.4 is 9.62 Å². The molecule has 220 valence electrons. The highest BCUT2D eigenvalue weighted by Crippen LogP contribution is 2.30. The number of halogens is 3. The minimum atomic E-state index is -4.25. The predicted octanol–water partition coefficient (Wildman–Crippen LogP) is 6.87. The van der Waals surface area contributed by atoms with E-state index in [1.165, 1.54) is 35.2 Å². The Bertz CT molecular complexity index is 1460. The van der Waals surface area contributed by atoms with Crippen LogP contribution in [0.2, 0.25) is 15.1 Å². The van der Waals surface area contributed by atoms with Crippen LogP contribution in [-0.4, -0.2) is 43.8 Å². The van der Waals surface area contributed by atoms with E-state index in [1.54, 1.807) is 43.3 Å². The Hall–Kier alpha value is -2.78. The molecule has 0 unspecified atom stereocenters. The van der Waals surface area contributed by atoms with Crippen molar-refractivity contribution in [3.8, 4) is 0 Å². The number of nitrogens with zero attached hydrogens (tertiary/aromatic N) is 2. The number of aryl methyl sites for hydroxylation is 1. The smallest absolute Gasteiger partial charge is 0.264 e. The zero-order valence-corrected chi connectivity index (χ0v) is 26.5. The van der Waals surface area contributed by atoms with E-state index in [9.17, 15) is 18.0 Å². The summed E-state index contributed by atoms with van der Waals surface area (Å²) in [4.78, 5) is 28.9. The summed E-state index contributed by atoms with van der Waals surface area (Å²) in [6.07, 6.45) is 1.00. The molecule has 0 fully saturated rings. The van der Waals surface area contributed by atoms with Gasteiger partial charge in [-0.05, 0) is 68.7 Å². The maximum Gasteiger partial charge on any atom is 0.264 e. The van der Waals surface area contributed by atoms with Gasteiger partial charge < -0.3 is 10.2 Å². The molecule has 41 heavy (non-hydrogen) atoms. The van der Waals surface area contributed by atoms with Gasteiger partial charge in [-0.15, -0.1) is 0 Å². The van der Waals surface area contributed by atoms with Crippen LogP contribution >= 0.6 is 34.8 Å². The van der Waals surface area contributed by atoms with Crippen LogP contribution in [-0.2, 0) is 26.2 Å². The van der Waals surface area contributed by atoms with Crippen molar-refractivity contribution >= 4 is 62.3 Å². The second-order valence-electron chi connectivity index (χ2n) is 9.81. The van der Waals surface area contributed by atoms with E-state index >= 15 is 0 Å². The summed E-state index contributed by atoms with van der Waals surface area (Å²) in [5.74, 6) is -0.927. The lowest BCUT2D eigenvalue weighted by atomic mass is 10.1. The zero-order valence-electron chi connectivity index (χ0n) is 23.4. The average molecular weight is 639 g/mol. The Labute approximate surface area is 257 Å². The average Bonchev–Trinajstić information content (AvgIpc) is 2.92. The number of carbonyl (C=O) groups excluding carboxylic acids is 2. The van der Waals surface area contributed by atoms with Crippen molar-refractivity contribution in [2.24, 2.45) is 0 Å². The molecule has 0 radical (unpaired) electrons. The predicted molar refractivity (Wildman–Crippen MR) is 166 cm³/mol. The zero-order chi connectivity index (χ0) is 30.3. The number of hydrogen-bond donors (Lipinski definition) is 1. The summed E-state index contributed by atoms with van der Waals surface area (Å²) in [5.41, 5.74) is 1.61. The summed E-state index contributed by atoms with van der Waals surface area (Å²) in [6.45, 7) is 6.86. The summed E-state index contributed by atoms with van der Waals surface area (Å²) in [6, 6.07) is 16.7. The molecule has 0 spiro atoms. The van der Waals surface area contributed by atoms with Gasteiger partial charge in [-0.1, -0.05) is 84.5 Å². The van der Waals surface area contributed by atoms with Crippen LogP contribution in [0.1, 0.15) is 44.7 Å². The molecule has 3 aromatic rings. The van der Waals surface area contributed by atoms with Crippen molar-refractivity contribution in [1.29, 1.82) is 0 Å². The number of sulfonamides is 1. The quantitative estimate of drug-likeness (QED) is 0.235. The summed E-state index contributed by atoms with van der Waals surface area (Å²) in [7, 11) is -4.25. The molecule has 3 aromatic carbocycles. The Morgan fingerprint density at radius 2 is 1.51 bits per heavy atom. The van der Waals surface area contributed by atoms with Crippen molar-refractivity contribution in [2.45, 2.75) is 64.1 Å². The van der Waals surface area contributed by atoms with Gasteiger partial charge in [-0.25, -0.2) is 8.42 Å². The first kappa shape index (κ1) is 32.7. The number of amides is 2. The second kappa shape index (κ2) is 14.4. The molecule has 0 heterocycles. The third-order valence-electron chi connectivity index (χ3n) is 6.71. The number of carbonyl (C=O) groups is 2. The molecular weight excluding hydrogens is 605 g/mol. The minimum absolute atomic E-state index is 0.000337. The van der Waals surface area contributed by atoms with Crippen molar-refractivity contribution in [2.75, 3.05) is 10.8 Å². The monoisotopic (exact) mass is 637 g/mol. The minimum Gasteiger partial charge on any atom is -0.352 e. The number of nitrogens with one attached hydrogen (secondary N) is 1. The summed E-state index contributed by atoms with van der Waals surface area (Å²) < 4.78 is 28.9. The fraction of sp³-hybridized carbons (Fsp3) is 0.333. The normalized spacial score (nSPS) is 12.9. The lowest BCUT2D eigenvalue weighted by molar-refractivity contribution is -0.140. The van der Waals surface area contributed by atoms with E-state index in [1.807, 2.05) is 20.8 Å². The maximum absolute atomic E-state index is 14.1. The standard InChI is InChI=1S/C30H34Cl3N3O4S/c1-5-21(4)34-30(38)28(6-2)35(18-22-9-7-8-10-27(22)33)29(37)19-36(25-16-23(31)15-24(32)17-25)41(39,40)26-13-11-20(3)12-14-26/h7-17,21,28H,5-6,18-19H2,1-4H3,(H,34,38)/t21-,28+/m1/s1. The molecule has 0 aliphatic rings. The highest BCUT2D eigenvalue weighted by molar-refractivity contribution is 7.92. The van der Waals surface area contributed by atoms with Gasteiger partial charge in [0.05, 0.1) is 10.6 Å². The van der Waals surface area contributed by atoms with Crippen LogP contribution in [0.3, 0.4) is 0 Å². The van der Waals surface area contributed by atoms with Gasteiger partial charge in [0, 0.05) is 27.7 Å². The second-order valence-corrected chi connectivity index (χ2v) is 12.9. The van der Waals surface area contributed by atoms with Gasteiger partial charge in [-0.2, -0.15) is 0 Å². The summed E-state index contributed by atoms with van der Waals surface area (Å²) in [5, 5.41) is 3.78. The van der Waals surface area contributed by atoms with Gasteiger partial charge >= 0.3 is 0 Å². The molecular formula is C30H34Cl3N3O4S. The Morgan fingerprint density at radius 3 is 2.07 bits per heavy atom. The Morgan fingerprint density at radius 1 is 0.902 bits per heavy atom. The number of benzene rings is 3. The summed E-state index contributed by atoms with van der Waals surface area (Å²) >= 11 is 18.9. The van der Waals surface area contributed by atoms with Gasteiger partial charge in [0.2, 0.25) is 11.8 Å². The Balaban J connectivity index is 2.10. The first-order valence-corrected chi connectivity index (χ1v) is 15.8. The van der Waals surface area contributed by atoms with Gasteiger partial charge in [0.15, 0.2) is 0 Å². The molecule has 0 aromatic heterocycles. The lowest BCUT2D eigenvalue weighted by Gasteiger charge is -2.34. The van der Waals surface area contributed by atoms with Gasteiger partial charge in [-0.3, -0.25) is 13.9 Å². The molecule has 0 saturated carbocycles. The van der Waals surface area contributed by atoms with E-state index in [-0.39, 0.29) is 39.1 Å².